The van der Waals surface area contributed by atoms with E-state index in [1.807, 2.05) is 0 Å². The largest absolute Gasteiger partial charge is 0.393 e. The smallest absolute Gasteiger partial charge is 0.150 e. The van der Waals surface area contributed by atoms with Crippen LogP contribution >= 0.6 is 0 Å². The molecule has 112 valence electrons. The Morgan fingerprint density at radius 1 is 1.11 bits per heavy atom. The van der Waals surface area contributed by atoms with Crippen LogP contribution in [0.5, 0.6) is 0 Å². The molecule has 2 saturated carbocycles. The van der Waals surface area contributed by atoms with Crippen LogP contribution in [-0.4, -0.2) is 31.1 Å². The Morgan fingerprint density at radius 3 is 2.05 bits per heavy atom. The lowest BCUT2D eigenvalue weighted by molar-refractivity contribution is 0.0506. The van der Waals surface area contributed by atoms with Crippen molar-refractivity contribution in [2.45, 2.75) is 64.7 Å². The molecule has 19 heavy (non-hydrogen) atoms. The van der Waals surface area contributed by atoms with Crippen LogP contribution in [0.15, 0.2) is 0 Å². The summed E-state index contributed by atoms with van der Waals surface area (Å²) in [6.07, 6.45) is 4.28. The third-order valence-corrected chi connectivity index (χ3v) is 7.87. The van der Waals surface area contributed by atoms with Crippen molar-refractivity contribution in [3.63, 3.8) is 0 Å². The third-order valence-electron chi connectivity index (χ3n) is 6.23. The zero-order valence-corrected chi connectivity index (χ0v) is 13.6. The van der Waals surface area contributed by atoms with E-state index in [0.717, 1.165) is 19.3 Å². The topological polar surface area (TPSA) is 54.4 Å². The van der Waals surface area contributed by atoms with Gasteiger partial charge in [0.1, 0.15) is 9.84 Å². The lowest BCUT2D eigenvalue weighted by Gasteiger charge is -2.32. The van der Waals surface area contributed by atoms with Crippen molar-refractivity contribution < 1.29 is 13.5 Å². The van der Waals surface area contributed by atoms with Crippen molar-refractivity contribution in [2.24, 2.45) is 22.7 Å². The Labute approximate surface area is 117 Å². The normalized spacial score (nSPS) is 35.9. The molecule has 2 aliphatic carbocycles. The fraction of sp³-hybridized carbons (Fsp3) is 1.00. The second kappa shape index (κ2) is 4.45. The second-order valence-electron chi connectivity index (χ2n) is 7.79. The molecule has 4 heteroatoms. The van der Waals surface area contributed by atoms with E-state index in [1.54, 1.807) is 0 Å². The van der Waals surface area contributed by atoms with E-state index < -0.39 is 9.84 Å². The molecule has 2 aliphatic rings. The average Bonchev–Trinajstić information content (AvgIpc) is 2.68. The van der Waals surface area contributed by atoms with Gasteiger partial charge in [-0.2, -0.15) is 0 Å². The molecule has 0 amide bonds. The van der Waals surface area contributed by atoms with Crippen LogP contribution in [0.3, 0.4) is 0 Å². The zero-order chi connectivity index (χ0) is 14.6. The van der Waals surface area contributed by atoms with E-state index in [2.05, 4.69) is 27.7 Å². The van der Waals surface area contributed by atoms with Crippen LogP contribution in [-0.2, 0) is 9.84 Å². The summed E-state index contributed by atoms with van der Waals surface area (Å²) < 4.78 is 23.4. The highest BCUT2D eigenvalue weighted by Crippen LogP contribution is 2.70. The number of sulfone groups is 1. The number of hydrogen-bond acceptors (Lipinski definition) is 3. The van der Waals surface area contributed by atoms with Gasteiger partial charge in [0.2, 0.25) is 0 Å². The maximum atomic E-state index is 11.7. The highest BCUT2D eigenvalue weighted by Gasteiger charge is 2.67. The molecule has 1 N–H and O–H groups in total. The highest BCUT2D eigenvalue weighted by molar-refractivity contribution is 7.91. The first-order chi connectivity index (χ1) is 8.49. The molecule has 3 nitrogen and oxygen atoms in total. The minimum absolute atomic E-state index is 0.152. The molecular formula is C15H28O3S. The van der Waals surface area contributed by atoms with E-state index in [0.29, 0.717) is 12.3 Å². The predicted molar refractivity (Wildman–Crippen MR) is 77.6 cm³/mol. The van der Waals surface area contributed by atoms with Gasteiger partial charge in [0.15, 0.2) is 0 Å². The average molecular weight is 288 g/mol. The number of aliphatic hydroxyl groups is 1. The van der Waals surface area contributed by atoms with E-state index in [1.165, 1.54) is 6.26 Å². The van der Waals surface area contributed by atoms with Gasteiger partial charge in [-0.05, 0) is 41.9 Å². The zero-order valence-electron chi connectivity index (χ0n) is 12.8. The van der Waals surface area contributed by atoms with Gasteiger partial charge >= 0.3 is 0 Å². The molecule has 0 bridgehead atoms. The van der Waals surface area contributed by atoms with Gasteiger partial charge in [0.25, 0.3) is 0 Å². The van der Waals surface area contributed by atoms with Crippen molar-refractivity contribution in [1.82, 2.24) is 0 Å². The van der Waals surface area contributed by atoms with Crippen LogP contribution < -0.4 is 0 Å². The first-order valence-corrected chi connectivity index (χ1v) is 9.32. The SMILES string of the molecule is CC1(C)C(C(O)C2CCCC(S(C)(=O)=O)C2)C1(C)C. The van der Waals surface area contributed by atoms with Crippen LogP contribution in [0.25, 0.3) is 0 Å². The molecule has 0 aromatic carbocycles. The summed E-state index contributed by atoms with van der Waals surface area (Å²) in [7, 11) is -2.97. The van der Waals surface area contributed by atoms with Gasteiger partial charge in [-0.1, -0.05) is 34.1 Å². The lowest BCUT2D eigenvalue weighted by atomic mass is 9.81. The fourth-order valence-corrected chi connectivity index (χ4v) is 5.45. The molecular weight excluding hydrogens is 260 g/mol. The molecule has 0 radical (unpaired) electrons. The van der Waals surface area contributed by atoms with Gasteiger partial charge in [-0.3, -0.25) is 0 Å². The number of rotatable bonds is 3. The first kappa shape index (κ1) is 15.3. The first-order valence-electron chi connectivity index (χ1n) is 7.36. The second-order valence-corrected chi connectivity index (χ2v) is 10.1. The molecule has 0 saturated heterocycles. The van der Waals surface area contributed by atoms with Crippen LogP contribution in [0.2, 0.25) is 0 Å². The maximum Gasteiger partial charge on any atom is 0.150 e. The van der Waals surface area contributed by atoms with Crippen LogP contribution in [0, 0.1) is 22.7 Å². The summed E-state index contributed by atoms with van der Waals surface area (Å²) in [5.41, 5.74) is 0.314. The molecule has 2 rings (SSSR count). The third kappa shape index (κ3) is 2.46. The summed E-state index contributed by atoms with van der Waals surface area (Å²) >= 11 is 0. The summed E-state index contributed by atoms with van der Waals surface area (Å²) in [6, 6.07) is 0. The fourth-order valence-electron chi connectivity index (χ4n) is 4.25. The van der Waals surface area contributed by atoms with Gasteiger partial charge in [-0.25, -0.2) is 8.42 Å². The van der Waals surface area contributed by atoms with Gasteiger partial charge in [0, 0.05) is 6.26 Å². The van der Waals surface area contributed by atoms with Crippen LogP contribution in [0.1, 0.15) is 53.4 Å². The Hall–Kier alpha value is -0.0900. The van der Waals surface area contributed by atoms with E-state index in [-0.39, 0.29) is 28.1 Å². The standard InChI is InChI=1S/C15H28O3S/c1-14(2)13(15(14,3)4)12(16)10-7-6-8-11(9-10)19(5,17)18/h10-13,16H,6-9H2,1-5H3. The molecule has 3 unspecified atom stereocenters. The molecule has 0 spiro atoms. The summed E-state index contributed by atoms with van der Waals surface area (Å²) in [5, 5.41) is 10.4. The van der Waals surface area contributed by atoms with Crippen molar-refractivity contribution in [2.75, 3.05) is 6.26 Å². The lowest BCUT2D eigenvalue weighted by Crippen LogP contribution is -2.35. The molecule has 3 atom stereocenters. The number of aliphatic hydroxyl groups excluding tert-OH is 1. The van der Waals surface area contributed by atoms with Crippen LogP contribution in [0.4, 0.5) is 0 Å². The monoisotopic (exact) mass is 288 g/mol. The summed E-state index contributed by atoms with van der Waals surface area (Å²) in [4.78, 5) is 0. The van der Waals surface area contributed by atoms with Gasteiger partial charge in [0.05, 0.1) is 11.4 Å². The summed E-state index contributed by atoms with van der Waals surface area (Å²) in [5.74, 6) is 0.447. The van der Waals surface area contributed by atoms with E-state index in [9.17, 15) is 13.5 Å². The Kier molecular flexibility index (Phi) is 3.59. The van der Waals surface area contributed by atoms with Gasteiger partial charge < -0.3 is 5.11 Å². The van der Waals surface area contributed by atoms with Crippen molar-refractivity contribution in [3.05, 3.63) is 0 Å². The molecule has 0 heterocycles. The predicted octanol–water partition coefficient (Wildman–Crippen LogP) is 2.63. The minimum atomic E-state index is -2.97. The van der Waals surface area contributed by atoms with E-state index in [4.69, 9.17) is 0 Å². The molecule has 0 aromatic rings. The van der Waals surface area contributed by atoms with E-state index >= 15 is 0 Å². The Bertz CT molecular complexity index is 436. The Morgan fingerprint density at radius 2 is 1.63 bits per heavy atom. The minimum Gasteiger partial charge on any atom is -0.393 e. The van der Waals surface area contributed by atoms with Crippen molar-refractivity contribution >= 4 is 9.84 Å². The van der Waals surface area contributed by atoms with Gasteiger partial charge in [-0.15, -0.1) is 0 Å². The van der Waals surface area contributed by atoms with Crippen molar-refractivity contribution in [3.8, 4) is 0 Å². The highest BCUT2D eigenvalue weighted by atomic mass is 32.2. The van der Waals surface area contributed by atoms with Crippen molar-refractivity contribution in [1.29, 1.82) is 0 Å². The summed E-state index contributed by atoms with van der Waals surface area (Å²) in [6.45, 7) is 8.82. The Balaban J connectivity index is 2.07. The molecule has 2 fully saturated rings. The molecule has 0 aliphatic heterocycles. The molecule has 0 aromatic heterocycles. The quantitative estimate of drug-likeness (QED) is 0.868. The maximum absolute atomic E-state index is 11.7. The number of hydrogen-bond donors (Lipinski definition) is 1.